The van der Waals surface area contributed by atoms with Gasteiger partial charge in [-0.15, -0.1) is 0 Å². The summed E-state index contributed by atoms with van der Waals surface area (Å²) in [6.45, 7) is 0. The Bertz CT molecular complexity index is 1190. The first kappa shape index (κ1) is 16.9. The van der Waals surface area contributed by atoms with Gasteiger partial charge in [0.25, 0.3) is 0 Å². The van der Waals surface area contributed by atoms with E-state index in [1.54, 1.807) is 29.4 Å². The number of aromatic nitrogens is 1. The van der Waals surface area contributed by atoms with Crippen molar-refractivity contribution < 1.29 is 9.18 Å². The van der Waals surface area contributed by atoms with Crippen LogP contribution in [0.4, 0.5) is 14.9 Å². The number of nitrogens with one attached hydrogen (secondary N) is 1. The lowest BCUT2D eigenvalue weighted by Crippen LogP contribution is -2.34. The largest absolute Gasteiger partial charge is 0.326 e. The summed E-state index contributed by atoms with van der Waals surface area (Å²) in [4.78, 5) is 23.2. The number of benzene rings is 2. The molecule has 0 radical (unpaired) electrons. The summed E-state index contributed by atoms with van der Waals surface area (Å²) in [5, 5.41) is 4.10. The van der Waals surface area contributed by atoms with Gasteiger partial charge in [0.1, 0.15) is 5.82 Å². The summed E-state index contributed by atoms with van der Waals surface area (Å²) >= 11 is 6.08. The van der Waals surface area contributed by atoms with Gasteiger partial charge in [-0.3, -0.25) is 9.89 Å². The predicted octanol–water partition coefficient (Wildman–Crippen LogP) is 4.91. The molecule has 2 aromatic carbocycles. The Balaban J connectivity index is 1.75. The lowest BCUT2D eigenvalue weighted by Gasteiger charge is -2.25. The Labute approximate surface area is 165 Å². The second kappa shape index (κ2) is 6.42. The number of carbonyl (C=O) groups excluding carboxylic acids is 1. The number of pyridine rings is 1. The van der Waals surface area contributed by atoms with Crippen molar-refractivity contribution in [1.82, 2.24) is 10.3 Å². The van der Waals surface area contributed by atoms with Crippen LogP contribution >= 0.6 is 11.6 Å². The Morgan fingerprint density at radius 1 is 1.18 bits per heavy atom. The van der Waals surface area contributed by atoms with Crippen LogP contribution in [0.3, 0.4) is 0 Å². The summed E-state index contributed by atoms with van der Waals surface area (Å²) in [6.07, 6.45) is 4.04. The van der Waals surface area contributed by atoms with E-state index in [-0.39, 0.29) is 12.1 Å². The molecule has 1 saturated heterocycles. The first-order chi connectivity index (χ1) is 13.6. The minimum absolute atomic E-state index is 0.173. The summed E-state index contributed by atoms with van der Waals surface area (Å²) in [5.74, 6) is -0.422. The zero-order chi connectivity index (χ0) is 19.3. The molecule has 2 amide bonds. The fraction of sp³-hybridized carbons (Fsp3) is 0.0952. The lowest BCUT2D eigenvalue weighted by molar-refractivity contribution is 0.252. The maximum Gasteiger partial charge on any atom is 0.326 e. The molecule has 0 saturated carbocycles. The number of fused-ring (bicyclic) bond motifs is 2. The topological polar surface area (TPSA) is 57.6 Å². The van der Waals surface area contributed by atoms with Crippen LogP contribution in [0.1, 0.15) is 6.42 Å². The summed E-state index contributed by atoms with van der Waals surface area (Å²) < 4.78 is 14.5. The fourth-order valence-corrected chi connectivity index (χ4v) is 3.83. The van der Waals surface area contributed by atoms with Crippen LogP contribution < -0.4 is 10.2 Å². The molecule has 0 spiro atoms. The SMILES string of the molecule is O=C1NC2=CN=CCC2N1c1cc(-c2cc(Cl)ccc2F)nc2ccccc12. The normalized spacial score (nSPS) is 18.2. The number of rotatable bonds is 2. The van der Waals surface area contributed by atoms with Crippen molar-refractivity contribution in [2.45, 2.75) is 12.5 Å². The molecule has 7 heteroatoms. The monoisotopic (exact) mass is 392 g/mol. The molecule has 1 N–H and O–H groups in total. The van der Waals surface area contributed by atoms with Gasteiger partial charge in [0.15, 0.2) is 0 Å². The molecule has 5 rings (SSSR count). The van der Waals surface area contributed by atoms with Crippen LogP contribution in [0.5, 0.6) is 0 Å². The van der Waals surface area contributed by atoms with Gasteiger partial charge in [-0.05, 0) is 30.3 Å². The third-order valence-electron chi connectivity index (χ3n) is 4.95. The molecule has 0 aliphatic carbocycles. The van der Waals surface area contributed by atoms with Crippen molar-refractivity contribution in [2.24, 2.45) is 4.99 Å². The van der Waals surface area contributed by atoms with E-state index in [2.05, 4.69) is 15.3 Å². The van der Waals surface area contributed by atoms with Crippen molar-refractivity contribution in [3.8, 4) is 11.3 Å². The average Bonchev–Trinajstić information content (AvgIpc) is 3.04. The lowest BCUT2D eigenvalue weighted by atomic mass is 10.0. The first-order valence-corrected chi connectivity index (χ1v) is 9.17. The van der Waals surface area contributed by atoms with E-state index in [0.717, 1.165) is 11.1 Å². The number of hydrogen-bond acceptors (Lipinski definition) is 3. The van der Waals surface area contributed by atoms with Crippen LogP contribution in [0.25, 0.3) is 22.2 Å². The molecule has 3 aromatic rings. The van der Waals surface area contributed by atoms with Gasteiger partial charge >= 0.3 is 6.03 Å². The third kappa shape index (κ3) is 2.65. The highest BCUT2D eigenvalue weighted by atomic mass is 35.5. The van der Waals surface area contributed by atoms with E-state index in [1.165, 1.54) is 12.1 Å². The molecule has 1 unspecified atom stereocenters. The molecule has 2 aliphatic heterocycles. The maximum absolute atomic E-state index is 14.5. The highest BCUT2D eigenvalue weighted by Crippen LogP contribution is 2.37. The van der Waals surface area contributed by atoms with Crippen molar-refractivity contribution in [2.75, 3.05) is 4.90 Å². The van der Waals surface area contributed by atoms with E-state index in [4.69, 9.17) is 11.6 Å². The number of para-hydroxylation sites is 1. The van der Waals surface area contributed by atoms with E-state index in [9.17, 15) is 9.18 Å². The average molecular weight is 393 g/mol. The number of hydrogen-bond donors (Lipinski definition) is 1. The maximum atomic E-state index is 14.5. The standard InChI is InChI=1S/C21H14ClFN4O/c22-12-5-6-15(23)14(9-12)17-10-20(13-3-1-2-4-16(13)25-17)27-19-7-8-24-11-18(19)26-21(27)28/h1-6,8-11,19H,7H2,(H,26,28). The van der Waals surface area contributed by atoms with Crippen LogP contribution in [0.2, 0.25) is 5.02 Å². The molecule has 3 heterocycles. The fourth-order valence-electron chi connectivity index (χ4n) is 3.66. The van der Waals surface area contributed by atoms with Gasteiger partial charge in [-0.25, -0.2) is 14.2 Å². The third-order valence-corrected chi connectivity index (χ3v) is 5.18. The van der Waals surface area contributed by atoms with E-state index >= 15 is 0 Å². The van der Waals surface area contributed by atoms with Gasteiger partial charge in [0.05, 0.1) is 28.6 Å². The Hall–Kier alpha value is -3.25. The van der Waals surface area contributed by atoms with E-state index in [1.807, 2.05) is 24.3 Å². The highest BCUT2D eigenvalue weighted by Gasteiger charge is 2.37. The number of aliphatic imine (C=N–C) groups is 1. The predicted molar refractivity (Wildman–Crippen MR) is 108 cm³/mol. The second-order valence-corrected chi connectivity index (χ2v) is 7.07. The first-order valence-electron chi connectivity index (χ1n) is 8.79. The van der Waals surface area contributed by atoms with Crippen molar-refractivity contribution >= 4 is 40.4 Å². The van der Waals surface area contributed by atoms with Gasteiger partial charge in [-0.2, -0.15) is 0 Å². The summed E-state index contributed by atoms with van der Waals surface area (Å²) in [7, 11) is 0. The molecule has 5 nitrogen and oxygen atoms in total. The molecular formula is C21H14ClFN4O. The highest BCUT2D eigenvalue weighted by molar-refractivity contribution is 6.30. The van der Waals surface area contributed by atoms with E-state index < -0.39 is 5.82 Å². The van der Waals surface area contributed by atoms with Gasteiger partial charge in [0, 0.05) is 34.8 Å². The van der Waals surface area contributed by atoms with Crippen LogP contribution in [-0.2, 0) is 0 Å². The van der Waals surface area contributed by atoms with Crippen molar-refractivity contribution in [3.63, 3.8) is 0 Å². The van der Waals surface area contributed by atoms with E-state index in [0.29, 0.717) is 33.9 Å². The number of urea groups is 1. The molecule has 1 aromatic heterocycles. The molecule has 138 valence electrons. The molecule has 1 fully saturated rings. The minimum atomic E-state index is -0.422. The molecule has 2 aliphatic rings. The number of halogens is 2. The van der Waals surface area contributed by atoms with Crippen molar-refractivity contribution in [1.29, 1.82) is 0 Å². The van der Waals surface area contributed by atoms with Crippen LogP contribution in [0, 0.1) is 5.82 Å². The Morgan fingerprint density at radius 2 is 2.04 bits per heavy atom. The zero-order valence-electron chi connectivity index (χ0n) is 14.6. The quantitative estimate of drug-likeness (QED) is 0.673. The molecule has 0 bridgehead atoms. The molecule has 28 heavy (non-hydrogen) atoms. The number of carbonyl (C=O) groups is 1. The minimum Gasteiger partial charge on any atom is -0.308 e. The van der Waals surface area contributed by atoms with Crippen LogP contribution in [-0.4, -0.2) is 23.3 Å². The number of anilines is 1. The van der Waals surface area contributed by atoms with Crippen LogP contribution in [0.15, 0.2) is 65.4 Å². The zero-order valence-corrected chi connectivity index (χ0v) is 15.3. The second-order valence-electron chi connectivity index (χ2n) is 6.64. The van der Waals surface area contributed by atoms with Gasteiger partial charge in [-0.1, -0.05) is 29.8 Å². The number of amides is 2. The van der Waals surface area contributed by atoms with Crippen molar-refractivity contribution in [3.05, 3.63) is 71.3 Å². The summed E-state index contributed by atoms with van der Waals surface area (Å²) in [5.41, 5.74) is 2.80. The summed E-state index contributed by atoms with van der Waals surface area (Å²) in [6, 6.07) is 13.2. The Kier molecular flexibility index (Phi) is 3.87. The molecular weight excluding hydrogens is 379 g/mol. The smallest absolute Gasteiger partial charge is 0.308 e. The number of nitrogens with zero attached hydrogens (tertiary/aromatic N) is 3. The Morgan fingerprint density at radius 3 is 2.93 bits per heavy atom. The van der Waals surface area contributed by atoms with Gasteiger partial charge < -0.3 is 5.32 Å². The van der Waals surface area contributed by atoms with Gasteiger partial charge in [0.2, 0.25) is 0 Å². The molecule has 1 atom stereocenters.